The van der Waals surface area contributed by atoms with Crippen molar-refractivity contribution < 1.29 is 0 Å². The van der Waals surface area contributed by atoms with Crippen LogP contribution in [-0.2, 0) is 0 Å². The highest BCUT2D eigenvalue weighted by Gasteiger charge is 1.92. The molecule has 3 nitrogen and oxygen atoms in total. The van der Waals surface area contributed by atoms with E-state index in [1.54, 1.807) is 0 Å². The zero-order valence-corrected chi connectivity index (χ0v) is 15.0. The zero-order chi connectivity index (χ0) is 18.7. The van der Waals surface area contributed by atoms with E-state index in [1.807, 2.05) is 115 Å². The van der Waals surface area contributed by atoms with Gasteiger partial charge in [-0.1, -0.05) is 54.6 Å². The van der Waals surface area contributed by atoms with Gasteiger partial charge in [0.05, 0.1) is 0 Å². The summed E-state index contributed by atoms with van der Waals surface area (Å²) in [5.74, 6) is 0. The molecule has 0 radical (unpaired) electrons. The van der Waals surface area contributed by atoms with E-state index < -0.39 is 0 Å². The predicted molar refractivity (Wildman–Crippen MR) is 117 cm³/mol. The molecule has 0 atom stereocenters. The summed E-state index contributed by atoms with van der Waals surface area (Å²) in [6.07, 6.45) is 0. The second-order valence-corrected chi connectivity index (χ2v) is 5.97. The number of nitrogens with one attached hydrogen (secondary N) is 2. The van der Waals surface area contributed by atoms with E-state index in [9.17, 15) is 0 Å². The van der Waals surface area contributed by atoms with Gasteiger partial charge in [0, 0.05) is 28.4 Å². The second-order valence-electron chi connectivity index (χ2n) is 5.97. The van der Waals surface area contributed by atoms with Crippen LogP contribution in [0.5, 0.6) is 0 Å². The van der Waals surface area contributed by atoms with Crippen molar-refractivity contribution in [2.75, 3.05) is 16.4 Å². The Labute approximate surface area is 160 Å². The molecule has 3 heteroatoms. The molecule has 0 aliphatic rings. The summed E-state index contributed by atoms with van der Waals surface area (Å²) in [4.78, 5) is 0. The number of para-hydroxylation sites is 3. The summed E-state index contributed by atoms with van der Waals surface area (Å²) in [6, 6.07) is 38.0. The number of anilines is 5. The first-order chi connectivity index (χ1) is 13.3. The lowest BCUT2D eigenvalue weighted by Crippen LogP contribution is -1.90. The zero-order valence-electron chi connectivity index (χ0n) is 15.0. The molecule has 4 rings (SSSR count). The van der Waals surface area contributed by atoms with Gasteiger partial charge in [-0.3, -0.25) is 0 Å². The van der Waals surface area contributed by atoms with Crippen molar-refractivity contribution in [2.24, 2.45) is 0 Å². The first kappa shape index (κ1) is 18.1. The molecule has 0 aliphatic carbocycles. The van der Waals surface area contributed by atoms with Gasteiger partial charge in [-0.25, -0.2) is 0 Å². The number of rotatable bonds is 4. The number of hydrogen-bond donors (Lipinski definition) is 3. The summed E-state index contributed by atoms with van der Waals surface area (Å²) >= 11 is 0. The van der Waals surface area contributed by atoms with Gasteiger partial charge >= 0.3 is 0 Å². The lowest BCUT2D eigenvalue weighted by atomic mass is 10.2. The highest BCUT2D eigenvalue weighted by molar-refractivity contribution is 5.61. The number of nitrogen functional groups attached to an aromatic ring is 1. The Morgan fingerprint density at radius 2 is 0.667 bits per heavy atom. The molecule has 0 unspecified atom stereocenters. The molecule has 0 heterocycles. The van der Waals surface area contributed by atoms with Gasteiger partial charge < -0.3 is 16.4 Å². The Hall–Kier alpha value is -3.72. The van der Waals surface area contributed by atoms with E-state index in [0.717, 1.165) is 28.4 Å². The van der Waals surface area contributed by atoms with Gasteiger partial charge in [-0.2, -0.15) is 0 Å². The Balaban J connectivity index is 0.000000156. The number of hydrogen-bond acceptors (Lipinski definition) is 3. The van der Waals surface area contributed by atoms with Crippen LogP contribution in [0, 0.1) is 0 Å². The second kappa shape index (κ2) is 9.68. The average molecular weight is 353 g/mol. The fourth-order valence-corrected chi connectivity index (χ4v) is 2.46. The lowest BCUT2D eigenvalue weighted by Gasteiger charge is -2.05. The van der Waals surface area contributed by atoms with Crippen LogP contribution in [-0.4, -0.2) is 0 Å². The molecule has 0 spiro atoms. The molecule has 27 heavy (non-hydrogen) atoms. The van der Waals surface area contributed by atoms with Crippen LogP contribution in [0.1, 0.15) is 0 Å². The summed E-state index contributed by atoms with van der Waals surface area (Å²) in [7, 11) is 0. The van der Waals surface area contributed by atoms with Gasteiger partial charge in [-0.15, -0.1) is 0 Å². The average Bonchev–Trinajstić information content (AvgIpc) is 2.73. The minimum absolute atomic E-state index is 0.781. The Morgan fingerprint density at radius 1 is 0.370 bits per heavy atom. The normalized spacial score (nSPS) is 9.63. The van der Waals surface area contributed by atoms with Gasteiger partial charge in [0.15, 0.2) is 0 Å². The smallest absolute Gasteiger partial charge is 0.0385 e. The molecule has 0 amide bonds. The highest BCUT2D eigenvalue weighted by Crippen LogP contribution is 2.17. The predicted octanol–water partition coefficient (Wildman–Crippen LogP) is 6.44. The van der Waals surface area contributed by atoms with Crippen LogP contribution in [0.3, 0.4) is 0 Å². The largest absolute Gasteiger partial charge is 0.399 e. The molecule has 0 fully saturated rings. The van der Waals surface area contributed by atoms with Crippen LogP contribution in [0.2, 0.25) is 0 Å². The number of nitrogens with two attached hydrogens (primary N) is 1. The van der Waals surface area contributed by atoms with E-state index in [-0.39, 0.29) is 0 Å². The molecule has 4 N–H and O–H groups in total. The van der Waals surface area contributed by atoms with E-state index in [2.05, 4.69) is 10.6 Å². The van der Waals surface area contributed by atoms with E-state index in [0.29, 0.717) is 0 Å². The fraction of sp³-hybridized carbons (Fsp3) is 0. The molecule has 4 aromatic rings. The van der Waals surface area contributed by atoms with Crippen molar-refractivity contribution in [2.45, 2.75) is 0 Å². The molecular weight excluding hydrogens is 330 g/mol. The van der Waals surface area contributed by atoms with Crippen molar-refractivity contribution in [1.29, 1.82) is 0 Å². The van der Waals surface area contributed by atoms with Crippen LogP contribution in [0.4, 0.5) is 28.4 Å². The third-order valence-corrected chi connectivity index (χ3v) is 3.81. The lowest BCUT2D eigenvalue weighted by molar-refractivity contribution is 1.55. The van der Waals surface area contributed by atoms with Gasteiger partial charge in [0.25, 0.3) is 0 Å². The molecule has 0 aliphatic heterocycles. The minimum atomic E-state index is 0.781. The van der Waals surface area contributed by atoms with Crippen molar-refractivity contribution in [3.05, 3.63) is 115 Å². The first-order valence-corrected chi connectivity index (χ1v) is 8.84. The SMILES string of the molecule is Nc1ccc(Nc2ccccc2)cc1.c1ccc(Nc2ccccc2)cc1. The molecule has 0 saturated heterocycles. The monoisotopic (exact) mass is 353 g/mol. The number of benzene rings is 4. The van der Waals surface area contributed by atoms with E-state index in [4.69, 9.17) is 5.73 Å². The molecule has 0 saturated carbocycles. The summed E-state index contributed by atoms with van der Waals surface area (Å²) in [5.41, 5.74) is 10.7. The minimum Gasteiger partial charge on any atom is -0.399 e. The third-order valence-electron chi connectivity index (χ3n) is 3.81. The summed E-state index contributed by atoms with van der Waals surface area (Å²) in [6.45, 7) is 0. The first-order valence-electron chi connectivity index (χ1n) is 8.84. The van der Waals surface area contributed by atoms with E-state index >= 15 is 0 Å². The molecular formula is C24H23N3. The van der Waals surface area contributed by atoms with Crippen molar-refractivity contribution in [3.63, 3.8) is 0 Å². The van der Waals surface area contributed by atoms with Crippen molar-refractivity contribution in [1.82, 2.24) is 0 Å². The Kier molecular flexibility index (Phi) is 6.48. The summed E-state index contributed by atoms with van der Waals surface area (Å²) < 4.78 is 0. The van der Waals surface area contributed by atoms with Gasteiger partial charge in [0.1, 0.15) is 0 Å². The van der Waals surface area contributed by atoms with Gasteiger partial charge in [-0.05, 0) is 60.7 Å². The van der Waals surface area contributed by atoms with Crippen LogP contribution >= 0.6 is 0 Å². The fourth-order valence-electron chi connectivity index (χ4n) is 2.46. The van der Waals surface area contributed by atoms with Crippen molar-refractivity contribution >= 4 is 28.4 Å². The van der Waals surface area contributed by atoms with Crippen LogP contribution in [0.15, 0.2) is 115 Å². The van der Waals surface area contributed by atoms with Gasteiger partial charge in [0.2, 0.25) is 0 Å². The topological polar surface area (TPSA) is 50.1 Å². The standard InChI is InChI=1S/C12H12N2.C12H11N/c13-10-6-8-12(9-7-10)14-11-4-2-1-3-5-11;1-3-7-11(8-4-1)13-12-9-5-2-6-10-12/h1-9,14H,13H2;1-10,13H. The molecule has 0 bridgehead atoms. The summed E-state index contributed by atoms with van der Waals surface area (Å²) in [5, 5.41) is 6.58. The molecule has 0 aromatic heterocycles. The third kappa shape index (κ3) is 6.25. The Morgan fingerprint density at radius 3 is 1.00 bits per heavy atom. The molecule has 4 aromatic carbocycles. The van der Waals surface area contributed by atoms with E-state index in [1.165, 1.54) is 0 Å². The van der Waals surface area contributed by atoms with Crippen LogP contribution in [0.25, 0.3) is 0 Å². The van der Waals surface area contributed by atoms with Crippen LogP contribution < -0.4 is 16.4 Å². The molecule has 134 valence electrons. The van der Waals surface area contributed by atoms with Crippen molar-refractivity contribution in [3.8, 4) is 0 Å². The maximum Gasteiger partial charge on any atom is 0.0385 e. The Bertz CT molecular complexity index is 868. The quantitative estimate of drug-likeness (QED) is 0.370. The maximum absolute atomic E-state index is 5.59. The maximum atomic E-state index is 5.59. The highest BCUT2D eigenvalue weighted by atomic mass is 14.9.